The average molecular weight is 344 g/mol. The number of ether oxygens (including phenoxy) is 3. The quantitative estimate of drug-likeness (QED) is 0.751. The first-order chi connectivity index (χ1) is 12.0. The van der Waals surface area contributed by atoms with E-state index in [9.17, 15) is 15.0 Å². The molecule has 2 aromatic carbocycles. The van der Waals surface area contributed by atoms with Crippen molar-refractivity contribution in [3.8, 4) is 40.1 Å². The fourth-order valence-electron chi connectivity index (χ4n) is 2.61. The third kappa shape index (κ3) is 2.69. The number of benzene rings is 2. The highest BCUT2D eigenvalue weighted by molar-refractivity contribution is 5.91. The summed E-state index contributed by atoms with van der Waals surface area (Å²) < 4.78 is 21.3. The molecule has 1 heterocycles. The molecule has 0 amide bonds. The average Bonchev–Trinajstić information content (AvgIpc) is 2.60. The number of rotatable bonds is 4. The summed E-state index contributed by atoms with van der Waals surface area (Å²) in [7, 11) is 4.34. The number of hydrogen-bond donors (Lipinski definition) is 2. The summed E-state index contributed by atoms with van der Waals surface area (Å²) in [5.74, 6) is 0.464. The van der Waals surface area contributed by atoms with Gasteiger partial charge in [0.2, 0.25) is 5.75 Å². The van der Waals surface area contributed by atoms with Crippen molar-refractivity contribution >= 4 is 11.0 Å². The summed E-state index contributed by atoms with van der Waals surface area (Å²) in [5.41, 5.74) is 0.0423. The summed E-state index contributed by atoms with van der Waals surface area (Å²) in [6.07, 6.45) is 0. The molecular formula is C18H16O7. The van der Waals surface area contributed by atoms with Crippen LogP contribution in [0.5, 0.6) is 28.7 Å². The van der Waals surface area contributed by atoms with Gasteiger partial charge < -0.3 is 28.8 Å². The van der Waals surface area contributed by atoms with Crippen LogP contribution in [0.4, 0.5) is 0 Å². The van der Waals surface area contributed by atoms with Gasteiger partial charge in [0, 0.05) is 17.7 Å². The van der Waals surface area contributed by atoms with E-state index in [-0.39, 0.29) is 34.0 Å². The van der Waals surface area contributed by atoms with Gasteiger partial charge in [0.05, 0.1) is 21.3 Å². The number of methoxy groups -OCH3 is 3. The zero-order chi connectivity index (χ0) is 18.1. The predicted molar refractivity (Wildman–Crippen MR) is 90.9 cm³/mol. The lowest BCUT2D eigenvalue weighted by Crippen LogP contribution is -2.02. The van der Waals surface area contributed by atoms with Crippen molar-refractivity contribution in [1.29, 1.82) is 0 Å². The van der Waals surface area contributed by atoms with E-state index < -0.39 is 5.43 Å². The second kappa shape index (κ2) is 6.27. The van der Waals surface area contributed by atoms with E-state index in [0.29, 0.717) is 17.1 Å². The normalized spacial score (nSPS) is 10.7. The molecule has 0 fully saturated rings. The minimum Gasteiger partial charge on any atom is -0.507 e. The first-order valence-electron chi connectivity index (χ1n) is 7.29. The lowest BCUT2D eigenvalue weighted by Gasteiger charge is -2.11. The van der Waals surface area contributed by atoms with Crippen molar-refractivity contribution in [3.05, 3.63) is 40.6 Å². The third-order valence-corrected chi connectivity index (χ3v) is 3.79. The van der Waals surface area contributed by atoms with Gasteiger partial charge in [-0.3, -0.25) is 4.79 Å². The van der Waals surface area contributed by atoms with Gasteiger partial charge in [-0.2, -0.15) is 0 Å². The summed E-state index contributed by atoms with van der Waals surface area (Å²) in [4.78, 5) is 12.4. The summed E-state index contributed by atoms with van der Waals surface area (Å²) in [6, 6.07) is 7.31. The van der Waals surface area contributed by atoms with Crippen LogP contribution in [0.25, 0.3) is 22.3 Å². The molecule has 0 unspecified atom stereocenters. The van der Waals surface area contributed by atoms with Crippen molar-refractivity contribution in [1.82, 2.24) is 0 Å². The maximum Gasteiger partial charge on any atom is 0.204 e. The summed E-state index contributed by atoms with van der Waals surface area (Å²) >= 11 is 0. The number of hydrogen-bond acceptors (Lipinski definition) is 7. The van der Waals surface area contributed by atoms with Crippen LogP contribution in [0.1, 0.15) is 0 Å². The fourth-order valence-corrected chi connectivity index (χ4v) is 2.61. The zero-order valence-corrected chi connectivity index (χ0v) is 13.8. The molecule has 25 heavy (non-hydrogen) atoms. The topological polar surface area (TPSA) is 98.4 Å². The van der Waals surface area contributed by atoms with Crippen LogP contribution in [0.2, 0.25) is 0 Å². The van der Waals surface area contributed by atoms with Crippen molar-refractivity contribution < 1.29 is 28.8 Å². The van der Waals surface area contributed by atoms with Gasteiger partial charge >= 0.3 is 0 Å². The molecule has 0 bridgehead atoms. The second-order valence-corrected chi connectivity index (χ2v) is 5.20. The van der Waals surface area contributed by atoms with Crippen LogP contribution in [0.3, 0.4) is 0 Å². The minimum atomic E-state index is -0.471. The summed E-state index contributed by atoms with van der Waals surface area (Å²) in [6.45, 7) is 0. The molecule has 2 N–H and O–H groups in total. The monoisotopic (exact) mass is 344 g/mol. The van der Waals surface area contributed by atoms with Crippen molar-refractivity contribution in [2.75, 3.05) is 21.3 Å². The van der Waals surface area contributed by atoms with Gasteiger partial charge in [-0.15, -0.1) is 0 Å². The zero-order valence-electron chi connectivity index (χ0n) is 13.8. The smallest absolute Gasteiger partial charge is 0.204 e. The molecule has 3 rings (SSSR count). The SMILES string of the molecule is COc1ccc(-c2cc(=O)c3c(O)cc(O)c(OC)c3o2)cc1OC. The standard InChI is InChI=1S/C18H16O7/c1-22-13-5-4-9(6-15(13)23-2)14-8-11(20)16-10(19)7-12(21)17(24-3)18(16)25-14/h4-8,19,21H,1-3H3. The van der Waals surface area contributed by atoms with Gasteiger partial charge in [-0.1, -0.05) is 0 Å². The number of aromatic hydroxyl groups is 2. The third-order valence-electron chi connectivity index (χ3n) is 3.79. The lowest BCUT2D eigenvalue weighted by molar-refractivity contribution is 0.355. The minimum absolute atomic E-state index is 0.0350. The predicted octanol–water partition coefficient (Wildman–Crippen LogP) is 2.90. The Morgan fingerprint density at radius 2 is 1.60 bits per heavy atom. The Hall–Kier alpha value is -3.35. The van der Waals surface area contributed by atoms with Gasteiger partial charge in [0.1, 0.15) is 16.9 Å². The van der Waals surface area contributed by atoms with Gasteiger partial charge in [0.15, 0.2) is 28.3 Å². The molecule has 7 heteroatoms. The largest absolute Gasteiger partial charge is 0.507 e. The first kappa shape index (κ1) is 16.5. The fraction of sp³-hybridized carbons (Fsp3) is 0.167. The molecule has 0 saturated heterocycles. The Kier molecular flexibility index (Phi) is 4.14. The Morgan fingerprint density at radius 1 is 0.880 bits per heavy atom. The molecule has 0 saturated carbocycles. The van der Waals surface area contributed by atoms with Crippen molar-refractivity contribution in [3.63, 3.8) is 0 Å². The lowest BCUT2D eigenvalue weighted by atomic mass is 10.1. The van der Waals surface area contributed by atoms with Crippen LogP contribution in [0, 0.1) is 0 Å². The molecule has 0 radical (unpaired) electrons. The van der Waals surface area contributed by atoms with Gasteiger partial charge in [-0.05, 0) is 18.2 Å². The molecule has 0 atom stereocenters. The highest BCUT2D eigenvalue weighted by Gasteiger charge is 2.19. The van der Waals surface area contributed by atoms with E-state index in [1.807, 2.05) is 0 Å². The highest BCUT2D eigenvalue weighted by atomic mass is 16.5. The maximum absolute atomic E-state index is 12.4. The summed E-state index contributed by atoms with van der Waals surface area (Å²) in [5, 5.41) is 19.8. The van der Waals surface area contributed by atoms with Crippen molar-refractivity contribution in [2.24, 2.45) is 0 Å². The molecular weight excluding hydrogens is 328 g/mol. The molecule has 1 aromatic heterocycles. The Bertz CT molecular complexity index is 1000. The van der Waals surface area contributed by atoms with E-state index >= 15 is 0 Å². The van der Waals surface area contributed by atoms with Gasteiger partial charge in [-0.25, -0.2) is 0 Å². The number of fused-ring (bicyclic) bond motifs is 1. The van der Waals surface area contributed by atoms with E-state index in [0.717, 1.165) is 6.07 Å². The van der Waals surface area contributed by atoms with E-state index in [2.05, 4.69) is 0 Å². The molecule has 0 aliphatic carbocycles. The molecule has 0 aliphatic heterocycles. The number of phenolic OH excluding ortho intramolecular Hbond substituents is 2. The van der Waals surface area contributed by atoms with Crippen LogP contribution < -0.4 is 19.6 Å². The van der Waals surface area contributed by atoms with Crippen LogP contribution >= 0.6 is 0 Å². The Morgan fingerprint density at radius 3 is 2.24 bits per heavy atom. The van der Waals surface area contributed by atoms with Crippen LogP contribution in [-0.2, 0) is 0 Å². The molecule has 3 aromatic rings. The van der Waals surface area contributed by atoms with Gasteiger partial charge in [0.25, 0.3) is 0 Å². The first-order valence-corrected chi connectivity index (χ1v) is 7.29. The number of phenols is 2. The van der Waals surface area contributed by atoms with Crippen LogP contribution in [0.15, 0.2) is 39.5 Å². The molecule has 7 nitrogen and oxygen atoms in total. The highest BCUT2D eigenvalue weighted by Crippen LogP contribution is 2.41. The van der Waals surface area contributed by atoms with E-state index in [1.54, 1.807) is 18.2 Å². The van der Waals surface area contributed by atoms with E-state index in [4.69, 9.17) is 18.6 Å². The Balaban J connectivity index is 2.30. The maximum atomic E-state index is 12.4. The van der Waals surface area contributed by atoms with Crippen molar-refractivity contribution in [2.45, 2.75) is 0 Å². The Labute approximate surface area is 142 Å². The molecule has 130 valence electrons. The molecule has 0 spiro atoms. The second-order valence-electron chi connectivity index (χ2n) is 5.20. The van der Waals surface area contributed by atoms with Crippen LogP contribution in [-0.4, -0.2) is 31.5 Å². The van der Waals surface area contributed by atoms with E-state index in [1.165, 1.54) is 27.4 Å². The molecule has 0 aliphatic rings.